The van der Waals surface area contributed by atoms with Crippen LogP contribution in [-0.2, 0) is 0 Å². The molecule has 0 atom stereocenters. The highest BCUT2D eigenvalue weighted by Gasteiger charge is 1.91. The fourth-order valence-electron chi connectivity index (χ4n) is 1.07. The predicted octanol–water partition coefficient (Wildman–Crippen LogP) is 2.73. The number of halogens is 1. The minimum atomic E-state index is -0.223. The normalized spacial score (nSPS) is 10.4. The topological polar surface area (TPSA) is 12.0 Å². The lowest BCUT2D eigenvalue weighted by atomic mass is 10.4. The van der Waals surface area contributed by atoms with Crippen molar-refractivity contribution in [2.75, 3.05) is 25.5 Å². The van der Waals surface area contributed by atoms with Crippen LogP contribution in [0.4, 0.5) is 4.39 Å². The van der Waals surface area contributed by atoms with Gasteiger partial charge in [-0.2, -0.15) is 0 Å². The maximum Gasteiger partial charge on any atom is 0.0906 e. The second-order valence-electron chi connectivity index (χ2n) is 2.95. The molecule has 0 spiro atoms. The maximum absolute atomic E-state index is 11.7. The highest BCUT2D eigenvalue weighted by Crippen LogP contribution is 2.15. The third-order valence-electron chi connectivity index (χ3n) is 1.78. The third-order valence-corrected chi connectivity index (χ3v) is 2.79. The van der Waals surface area contributed by atoms with E-state index in [4.69, 9.17) is 0 Å². The van der Waals surface area contributed by atoms with E-state index in [1.807, 2.05) is 30.0 Å². The number of benzene rings is 1. The Morgan fingerprint density at radius 3 is 2.64 bits per heavy atom. The van der Waals surface area contributed by atoms with Gasteiger partial charge in [-0.15, -0.1) is 11.8 Å². The van der Waals surface area contributed by atoms with Crippen molar-refractivity contribution >= 4 is 11.8 Å². The molecule has 1 aromatic rings. The van der Waals surface area contributed by atoms with Crippen molar-refractivity contribution in [1.82, 2.24) is 5.32 Å². The van der Waals surface area contributed by atoms with Gasteiger partial charge in [-0.3, -0.25) is 4.39 Å². The summed E-state index contributed by atoms with van der Waals surface area (Å²) >= 11 is 1.82. The summed E-state index contributed by atoms with van der Waals surface area (Å²) in [6, 6.07) is 10.3. The molecule has 1 nitrogen and oxygen atoms in total. The molecule has 1 aromatic carbocycles. The summed E-state index contributed by atoms with van der Waals surface area (Å²) in [7, 11) is 0. The SMILES string of the molecule is FCCCNCCSc1ccccc1. The molecule has 0 radical (unpaired) electrons. The van der Waals surface area contributed by atoms with Crippen LogP contribution in [-0.4, -0.2) is 25.5 Å². The Labute approximate surface area is 89.1 Å². The van der Waals surface area contributed by atoms with Gasteiger partial charge in [0.15, 0.2) is 0 Å². The zero-order chi connectivity index (χ0) is 10.1. The molecule has 0 amide bonds. The van der Waals surface area contributed by atoms with Gasteiger partial charge in [0.05, 0.1) is 6.67 Å². The molecule has 0 unspecified atom stereocenters. The molecule has 0 aliphatic heterocycles. The van der Waals surface area contributed by atoms with Crippen LogP contribution in [0.5, 0.6) is 0 Å². The van der Waals surface area contributed by atoms with E-state index >= 15 is 0 Å². The van der Waals surface area contributed by atoms with Crippen LogP contribution in [0, 0.1) is 0 Å². The van der Waals surface area contributed by atoms with Gasteiger partial charge in [-0.05, 0) is 25.1 Å². The molecule has 0 saturated heterocycles. The second kappa shape index (κ2) is 7.83. The molecule has 0 heterocycles. The van der Waals surface area contributed by atoms with Crippen LogP contribution in [0.15, 0.2) is 35.2 Å². The van der Waals surface area contributed by atoms with Crippen molar-refractivity contribution in [3.05, 3.63) is 30.3 Å². The number of alkyl halides is 1. The van der Waals surface area contributed by atoms with E-state index in [9.17, 15) is 4.39 Å². The Hall–Kier alpha value is -0.540. The summed E-state index contributed by atoms with van der Waals surface area (Å²) < 4.78 is 11.7. The molecular formula is C11H16FNS. The van der Waals surface area contributed by atoms with Gasteiger partial charge < -0.3 is 5.32 Å². The number of hydrogen-bond acceptors (Lipinski definition) is 2. The Morgan fingerprint density at radius 2 is 1.93 bits per heavy atom. The van der Waals surface area contributed by atoms with Crippen molar-refractivity contribution in [2.45, 2.75) is 11.3 Å². The van der Waals surface area contributed by atoms with Crippen LogP contribution in [0.1, 0.15) is 6.42 Å². The largest absolute Gasteiger partial charge is 0.316 e. The molecule has 1 rings (SSSR count). The highest BCUT2D eigenvalue weighted by molar-refractivity contribution is 7.99. The average Bonchev–Trinajstić information content (AvgIpc) is 2.25. The number of thioether (sulfide) groups is 1. The summed E-state index contributed by atoms with van der Waals surface area (Å²) in [4.78, 5) is 1.29. The smallest absolute Gasteiger partial charge is 0.0906 e. The average molecular weight is 213 g/mol. The first-order valence-corrected chi connectivity index (χ1v) is 5.86. The lowest BCUT2D eigenvalue weighted by molar-refractivity contribution is 0.462. The Balaban J connectivity index is 1.99. The summed E-state index contributed by atoms with van der Waals surface area (Å²) in [6.07, 6.45) is 0.621. The quantitative estimate of drug-likeness (QED) is 0.552. The molecule has 0 aliphatic carbocycles. The summed E-state index contributed by atoms with van der Waals surface area (Å²) in [6.45, 7) is 1.50. The van der Waals surface area contributed by atoms with Gasteiger partial charge in [0.25, 0.3) is 0 Å². The molecule has 0 aliphatic rings. The minimum Gasteiger partial charge on any atom is -0.316 e. The molecule has 0 aromatic heterocycles. The van der Waals surface area contributed by atoms with E-state index in [-0.39, 0.29) is 6.67 Å². The van der Waals surface area contributed by atoms with Gasteiger partial charge in [-0.1, -0.05) is 18.2 Å². The molecule has 78 valence electrons. The van der Waals surface area contributed by atoms with Gasteiger partial charge in [0.2, 0.25) is 0 Å². The molecule has 0 bridgehead atoms. The minimum absolute atomic E-state index is 0.223. The molecule has 0 fully saturated rings. The van der Waals surface area contributed by atoms with Crippen LogP contribution in [0.3, 0.4) is 0 Å². The Kier molecular flexibility index (Phi) is 6.45. The van der Waals surface area contributed by atoms with Crippen LogP contribution in [0.2, 0.25) is 0 Å². The first-order chi connectivity index (χ1) is 6.93. The monoisotopic (exact) mass is 213 g/mol. The van der Waals surface area contributed by atoms with E-state index in [0.717, 1.165) is 18.8 Å². The van der Waals surface area contributed by atoms with E-state index in [1.165, 1.54) is 4.90 Å². The fourth-order valence-corrected chi connectivity index (χ4v) is 1.91. The first kappa shape index (κ1) is 11.5. The highest BCUT2D eigenvalue weighted by atomic mass is 32.2. The van der Waals surface area contributed by atoms with Crippen LogP contribution >= 0.6 is 11.8 Å². The predicted molar refractivity (Wildman–Crippen MR) is 60.6 cm³/mol. The molecule has 14 heavy (non-hydrogen) atoms. The van der Waals surface area contributed by atoms with Gasteiger partial charge in [0, 0.05) is 17.2 Å². The van der Waals surface area contributed by atoms with E-state index in [0.29, 0.717) is 6.42 Å². The fraction of sp³-hybridized carbons (Fsp3) is 0.455. The number of rotatable bonds is 7. The van der Waals surface area contributed by atoms with Gasteiger partial charge >= 0.3 is 0 Å². The molecular weight excluding hydrogens is 197 g/mol. The zero-order valence-corrected chi connectivity index (χ0v) is 9.02. The molecule has 3 heteroatoms. The lowest BCUT2D eigenvalue weighted by Gasteiger charge is -2.02. The van der Waals surface area contributed by atoms with Crippen molar-refractivity contribution in [1.29, 1.82) is 0 Å². The number of nitrogens with one attached hydrogen (secondary N) is 1. The van der Waals surface area contributed by atoms with Crippen LogP contribution < -0.4 is 5.32 Å². The van der Waals surface area contributed by atoms with Crippen molar-refractivity contribution in [2.24, 2.45) is 0 Å². The van der Waals surface area contributed by atoms with E-state index in [2.05, 4.69) is 17.4 Å². The Morgan fingerprint density at radius 1 is 1.14 bits per heavy atom. The van der Waals surface area contributed by atoms with Crippen LogP contribution in [0.25, 0.3) is 0 Å². The standard InChI is InChI=1S/C11H16FNS/c12-7-4-8-13-9-10-14-11-5-2-1-3-6-11/h1-3,5-6,13H,4,7-10H2. The van der Waals surface area contributed by atoms with Gasteiger partial charge in [-0.25, -0.2) is 0 Å². The van der Waals surface area contributed by atoms with Gasteiger partial charge in [0.1, 0.15) is 0 Å². The molecule has 1 N–H and O–H groups in total. The summed E-state index contributed by atoms with van der Waals surface area (Å²) in [5.74, 6) is 1.04. The van der Waals surface area contributed by atoms with Crippen molar-refractivity contribution in [3.8, 4) is 0 Å². The summed E-state index contributed by atoms with van der Waals surface area (Å²) in [5, 5.41) is 3.20. The number of hydrogen-bond donors (Lipinski definition) is 1. The second-order valence-corrected chi connectivity index (χ2v) is 4.12. The molecule has 0 saturated carbocycles. The van der Waals surface area contributed by atoms with E-state index < -0.39 is 0 Å². The maximum atomic E-state index is 11.7. The van der Waals surface area contributed by atoms with Crippen molar-refractivity contribution < 1.29 is 4.39 Å². The Bertz CT molecular complexity index is 228. The first-order valence-electron chi connectivity index (χ1n) is 4.88. The van der Waals surface area contributed by atoms with Crippen molar-refractivity contribution in [3.63, 3.8) is 0 Å². The third kappa shape index (κ3) is 5.25. The lowest BCUT2D eigenvalue weighted by Crippen LogP contribution is -2.18. The van der Waals surface area contributed by atoms with E-state index in [1.54, 1.807) is 0 Å². The summed E-state index contributed by atoms with van der Waals surface area (Å²) in [5.41, 5.74) is 0. The zero-order valence-electron chi connectivity index (χ0n) is 8.21.